The molecule has 1 aliphatic rings. The van der Waals surface area contributed by atoms with Crippen molar-refractivity contribution in [2.75, 3.05) is 12.3 Å². The number of benzene rings is 1. The van der Waals surface area contributed by atoms with E-state index in [1.165, 1.54) is 6.20 Å². The number of alkyl halides is 3. The van der Waals surface area contributed by atoms with E-state index in [1.807, 2.05) is 0 Å². The molecule has 31 heavy (non-hydrogen) atoms. The Balaban J connectivity index is 1.59. The van der Waals surface area contributed by atoms with Crippen LogP contribution in [0.25, 0.3) is 5.52 Å². The molecule has 164 valence electrons. The van der Waals surface area contributed by atoms with Crippen molar-refractivity contribution in [1.29, 1.82) is 0 Å². The summed E-state index contributed by atoms with van der Waals surface area (Å²) in [6, 6.07) is 6.89. The second-order valence-corrected chi connectivity index (χ2v) is 8.07. The van der Waals surface area contributed by atoms with Gasteiger partial charge in [-0.3, -0.25) is 9.30 Å². The quantitative estimate of drug-likeness (QED) is 0.574. The van der Waals surface area contributed by atoms with Crippen molar-refractivity contribution < 1.29 is 22.7 Å². The molecule has 1 saturated heterocycles. The van der Waals surface area contributed by atoms with Crippen molar-refractivity contribution in [3.05, 3.63) is 58.7 Å². The molecule has 0 bridgehead atoms. The number of hydrogen-bond acceptors (Lipinski definition) is 5. The molecule has 0 spiro atoms. The fourth-order valence-corrected chi connectivity index (χ4v) is 4.43. The summed E-state index contributed by atoms with van der Waals surface area (Å²) >= 11 is 3.34. The summed E-state index contributed by atoms with van der Waals surface area (Å²) < 4.78 is 48.3. The van der Waals surface area contributed by atoms with Crippen LogP contribution in [-0.2, 0) is 11.3 Å². The number of rotatable bonds is 3. The average molecular weight is 498 g/mol. The maximum Gasteiger partial charge on any atom is 0.410 e. The number of ether oxygens (including phenoxy) is 1. The largest absolute Gasteiger partial charge is 0.445 e. The summed E-state index contributed by atoms with van der Waals surface area (Å²) in [5.74, 6) is 0.331. The molecule has 7 nitrogen and oxygen atoms in total. The summed E-state index contributed by atoms with van der Waals surface area (Å²) in [5.41, 5.74) is 7.14. The summed E-state index contributed by atoms with van der Waals surface area (Å²) in [5, 5.41) is 0. The molecule has 1 aliphatic heterocycles. The van der Waals surface area contributed by atoms with Gasteiger partial charge in [0.1, 0.15) is 28.6 Å². The van der Waals surface area contributed by atoms with Crippen LogP contribution in [0.5, 0.6) is 0 Å². The number of aromatic nitrogens is 3. The van der Waals surface area contributed by atoms with E-state index >= 15 is 0 Å². The van der Waals surface area contributed by atoms with E-state index in [-0.39, 0.29) is 31.8 Å². The van der Waals surface area contributed by atoms with Crippen LogP contribution >= 0.6 is 15.9 Å². The van der Waals surface area contributed by atoms with Gasteiger partial charge in [-0.1, -0.05) is 30.3 Å². The summed E-state index contributed by atoms with van der Waals surface area (Å²) in [6.07, 6.45) is -2.46. The molecule has 1 amide bonds. The van der Waals surface area contributed by atoms with Gasteiger partial charge in [0.25, 0.3) is 0 Å². The van der Waals surface area contributed by atoms with E-state index in [4.69, 9.17) is 10.5 Å². The number of nitrogens with zero attached hydrogens (tertiary/aromatic N) is 4. The fourth-order valence-electron chi connectivity index (χ4n) is 3.86. The van der Waals surface area contributed by atoms with Gasteiger partial charge in [0.2, 0.25) is 0 Å². The number of carbonyl (C=O) groups is 1. The van der Waals surface area contributed by atoms with Crippen molar-refractivity contribution in [1.82, 2.24) is 19.3 Å². The van der Waals surface area contributed by atoms with Crippen LogP contribution < -0.4 is 5.73 Å². The molecule has 4 rings (SSSR count). The molecule has 2 aromatic heterocycles. The molecule has 0 aliphatic carbocycles. The van der Waals surface area contributed by atoms with Gasteiger partial charge in [-0.05, 0) is 34.3 Å². The van der Waals surface area contributed by atoms with Gasteiger partial charge in [-0.25, -0.2) is 14.8 Å². The van der Waals surface area contributed by atoms with Crippen LogP contribution in [0.4, 0.5) is 23.8 Å². The lowest BCUT2D eigenvalue weighted by Crippen LogP contribution is -2.53. The number of halogens is 4. The molecular weight excluding hydrogens is 479 g/mol. The minimum absolute atomic E-state index is 0.106. The Morgan fingerprint density at radius 2 is 2.00 bits per heavy atom. The van der Waals surface area contributed by atoms with E-state index in [0.717, 1.165) is 4.90 Å². The Morgan fingerprint density at radius 1 is 1.26 bits per heavy atom. The minimum Gasteiger partial charge on any atom is -0.445 e. The van der Waals surface area contributed by atoms with E-state index in [1.54, 1.807) is 40.9 Å². The number of carbonyl (C=O) groups excluding carboxylic acids is 1. The lowest BCUT2D eigenvalue weighted by Gasteiger charge is -2.39. The Hall–Kier alpha value is -2.82. The molecule has 3 aromatic rings. The van der Waals surface area contributed by atoms with E-state index in [2.05, 4.69) is 25.9 Å². The third kappa shape index (κ3) is 4.32. The van der Waals surface area contributed by atoms with Crippen LogP contribution in [0.1, 0.15) is 30.1 Å². The fraction of sp³-hybridized carbons (Fsp3) is 0.350. The smallest absolute Gasteiger partial charge is 0.410 e. The number of nitrogen functional groups attached to an aromatic ring is 1. The summed E-state index contributed by atoms with van der Waals surface area (Å²) in [4.78, 5) is 21.9. The monoisotopic (exact) mass is 497 g/mol. The molecule has 2 atom stereocenters. The highest BCUT2D eigenvalue weighted by molar-refractivity contribution is 9.10. The van der Waals surface area contributed by atoms with Gasteiger partial charge < -0.3 is 10.5 Å². The minimum atomic E-state index is -4.56. The normalized spacial score (nSPS) is 19.5. The predicted molar refractivity (Wildman–Crippen MR) is 110 cm³/mol. The number of anilines is 1. The molecule has 0 radical (unpaired) electrons. The van der Waals surface area contributed by atoms with Crippen molar-refractivity contribution >= 4 is 33.4 Å². The lowest BCUT2D eigenvalue weighted by molar-refractivity contribution is -0.187. The first-order valence-electron chi connectivity index (χ1n) is 9.57. The van der Waals surface area contributed by atoms with Gasteiger partial charge >= 0.3 is 12.3 Å². The summed E-state index contributed by atoms with van der Waals surface area (Å²) in [7, 11) is 0. The SMILES string of the molecule is Nc1nccn2c([C@@H]3CC[C@H](C(F)(F)F)N(C(=O)OCc4ccccc4)C3)nc(Br)c12. The van der Waals surface area contributed by atoms with Gasteiger partial charge in [-0.2, -0.15) is 13.2 Å². The maximum atomic E-state index is 13.7. The highest BCUT2D eigenvalue weighted by Gasteiger charge is 2.49. The highest BCUT2D eigenvalue weighted by Crippen LogP contribution is 2.38. The first kappa shape index (κ1) is 21.4. The number of piperidine rings is 1. The van der Waals surface area contributed by atoms with Crippen molar-refractivity contribution in [2.45, 2.75) is 37.6 Å². The molecule has 1 fully saturated rings. The Labute approximate surface area is 184 Å². The van der Waals surface area contributed by atoms with Crippen LogP contribution in [0.15, 0.2) is 47.3 Å². The second kappa shape index (κ2) is 8.37. The van der Waals surface area contributed by atoms with Gasteiger partial charge in [-0.15, -0.1) is 0 Å². The second-order valence-electron chi connectivity index (χ2n) is 7.32. The van der Waals surface area contributed by atoms with Gasteiger partial charge in [0.15, 0.2) is 5.82 Å². The Kier molecular flexibility index (Phi) is 5.78. The molecular formula is C20H19BrF3N5O2. The van der Waals surface area contributed by atoms with Crippen molar-refractivity contribution in [3.8, 4) is 0 Å². The maximum absolute atomic E-state index is 13.7. The topological polar surface area (TPSA) is 85.8 Å². The predicted octanol–water partition coefficient (Wildman–Crippen LogP) is 4.52. The number of nitrogens with two attached hydrogens (primary N) is 1. The number of hydrogen-bond donors (Lipinski definition) is 1. The summed E-state index contributed by atoms with van der Waals surface area (Å²) in [6.45, 7) is -0.281. The van der Waals surface area contributed by atoms with E-state index in [9.17, 15) is 18.0 Å². The van der Waals surface area contributed by atoms with Crippen LogP contribution in [-0.4, -0.2) is 44.1 Å². The Morgan fingerprint density at radius 3 is 2.71 bits per heavy atom. The Bertz CT molecular complexity index is 1090. The highest BCUT2D eigenvalue weighted by atomic mass is 79.9. The van der Waals surface area contributed by atoms with Crippen molar-refractivity contribution in [3.63, 3.8) is 0 Å². The molecule has 0 saturated carbocycles. The molecule has 1 aromatic carbocycles. The van der Waals surface area contributed by atoms with Gasteiger partial charge in [0, 0.05) is 24.9 Å². The van der Waals surface area contributed by atoms with E-state index in [0.29, 0.717) is 21.5 Å². The number of likely N-dealkylation sites (tertiary alicyclic amines) is 1. The van der Waals surface area contributed by atoms with Crippen LogP contribution in [0, 0.1) is 0 Å². The third-order valence-electron chi connectivity index (χ3n) is 5.33. The third-order valence-corrected chi connectivity index (χ3v) is 5.89. The molecule has 3 heterocycles. The molecule has 11 heteroatoms. The standard InChI is InChI=1S/C20H19BrF3N5O2/c21-16-15-17(25)26-8-9-28(15)18(27-16)13-6-7-14(20(22,23)24)29(10-13)19(30)31-11-12-4-2-1-3-5-12/h1-5,8-9,13-14H,6-7,10-11H2,(H2,25,26)/t13-,14-/m1/s1. The molecule has 2 N–H and O–H groups in total. The lowest BCUT2D eigenvalue weighted by atomic mass is 9.92. The zero-order chi connectivity index (χ0) is 22.2. The first-order chi connectivity index (χ1) is 14.8. The average Bonchev–Trinajstić information content (AvgIpc) is 3.09. The number of fused-ring (bicyclic) bond motifs is 1. The van der Waals surface area contributed by atoms with Crippen LogP contribution in [0.2, 0.25) is 0 Å². The van der Waals surface area contributed by atoms with E-state index < -0.39 is 24.2 Å². The zero-order valence-corrected chi connectivity index (χ0v) is 17.8. The zero-order valence-electron chi connectivity index (χ0n) is 16.2. The number of imidazole rings is 1. The molecule has 0 unspecified atom stereocenters. The van der Waals surface area contributed by atoms with Crippen LogP contribution in [0.3, 0.4) is 0 Å². The van der Waals surface area contributed by atoms with Crippen molar-refractivity contribution in [2.24, 2.45) is 0 Å². The first-order valence-corrected chi connectivity index (χ1v) is 10.4. The van der Waals surface area contributed by atoms with Gasteiger partial charge in [0.05, 0.1) is 0 Å². The number of amides is 1.